The van der Waals surface area contributed by atoms with Crippen LogP contribution in [0.3, 0.4) is 0 Å². The molecule has 1 aliphatic rings. The third-order valence-electron chi connectivity index (χ3n) is 2.74. The van der Waals surface area contributed by atoms with Gasteiger partial charge in [-0.1, -0.05) is 59.8 Å². The quantitative estimate of drug-likeness (QED) is 0.566. The maximum atomic E-state index is 2.40. The Labute approximate surface area is 78.8 Å². The van der Waals surface area contributed by atoms with Gasteiger partial charge in [0.2, 0.25) is 0 Å². The van der Waals surface area contributed by atoms with Crippen LogP contribution in [-0.2, 0) is 0 Å². The minimum absolute atomic E-state index is 1.02. The summed E-state index contributed by atoms with van der Waals surface area (Å²) in [7, 11) is 0. The van der Waals surface area contributed by atoms with Crippen molar-refractivity contribution in [1.82, 2.24) is 0 Å². The fourth-order valence-electron chi connectivity index (χ4n) is 2.23. The molecule has 0 bridgehead atoms. The summed E-state index contributed by atoms with van der Waals surface area (Å²) >= 11 is 0. The van der Waals surface area contributed by atoms with Crippen molar-refractivity contribution in [3.63, 3.8) is 0 Å². The van der Waals surface area contributed by atoms with E-state index in [4.69, 9.17) is 0 Å². The summed E-state index contributed by atoms with van der Waals surface area (Å²) in [5.41, 5.74) is 0. The normalized spacial score (nSPS) is 29.0. The fraction of sp³-hybridized carbons (Fsp3) is 1.00. The number of hydrogen-bond donors (Lipinski definition) is 0. The van der Waals surface area contributed by atoms with Gasteiger partial charge in [-0.25, -0.2) is 0 Å². The monoisotopic (exact) mass is 170 g/mol. The van der Waals surface area contributed by atoms with Crippen molar-refractivity contribution < 1.29 is 0 Å². The van der Waals surface area contributed by atoms with Crippen LogP contribution < -0.4 is 0 Å². The predicted octanol–water partition coefficient (Wildman–Crippen LogP) is 4.64. The SMILES string of the molecule is CC.CCCC1CCCC(C)C1. The second-order valence-electron chi connectivity index (χ2n) is 3.93. The van der Waals surface area contributed by atoms with Gasteiger partial charge in [0.1, 0.15) is 0 Å². The Bertz CT molecular complexity index is 84.0. The highest BCUT2D eigenvalue weighted by molar-refractivity contribution is 4.69. The van der Waals surface area contributed by atoms with Gasteiger partial charge in [-0.15, -0.1) is 0 Å². The summed E-state index contributed by atoms with van der Waals surface area (Å²) in [5, 5.41) is 0. The number of hydrogen-bond acceptors (Lipinski definition) is 0. The maximum absolute atomic E-state index is 2.40. The van der Waals surface area contributed by atoms with E-state index in [0.29, 0.717) is 0 Å². The van der Waals surface area contributed by atoms with Crippen molar-refractivity contribution in [2.45, 2.75) is 66.2 Å². The van der Waals surface area contributed by atoms with Crippen LogP contribution >= 0.6 is 0 Å². The van der Waals surface area contributed by atoms with E-state index in [1.165, 1.54) is 38.5 Å². The van der Waals surface area contributed by atoms with E-state index < -0.39 is 0 Å². The Kier molecular flexibility index (Phi) is 7.64. The van der Waals surface area contributed by atoms with Crippen molar-refractivity contribution in [2.24, 2.45) is 11.8 Å². The van der Waals surface area contributed by atoms with Gasteiger partial charge in [0.15, 0.2) is 0 Å². The van der Waals surface area contributed by atoms with Gasteiger partial charge in [-0.2, -0.15) is 0 Å². The molecule has 1 rings (SSSR count). The van der Waals surface area contributed by atoms with Crippen LogP contribution in [-0.4, -0.2) is 0 Å². The first-order chi connectivity index (χ1) is 5.83. The van der Waals surface area contributed by atoms with Crippen LogP contribution in [0.4, 0.5) is 0 Å². The lowest BCUT2D eigenvalue weighted by atomic mass is 9.80. The summed E-state index contributed by atoms with van der Waals surface area (Å²) in [6.45, 7) is 8.71. The largest absolute Gasteiger partial charge is 0.0683 e. The van der Waals surface area contributed by atoms with Crippen LogP contribution in [0.2, 0.25) is 0 Å². The maximum Gasteiger partial charge on any atom is -0.0412 e. The van der Waals surface area contributed by atoms with Crippen molar-refractivity contribution in [3.8, 4) is 0 Å². The van der Waals surface area contributed by atoms with E-state index in [1.807, 2.05) is 13.8 Å². The Hall–Kier alpha value is 0. The molecular weight excluding hydrogens is 144 g/mol. The molecule has 0 amide bonds. The molecule has 0 heterocycles. The lowest BCUT2D eigenvalue weighted by molar-refractivity contribution is 0.268. The van der Waals surface area contributed by atoms with Crippen molar-refractivity contribution in [3.05, 3.63) is 0 Å². The molecule has 0 nitrogen and oxygen atoms in total. The van der Waals surface area contributed by atoms with Gasteiger partial charge < -0.3 is 0 Å². The Balaban J connectivity index is 0.000000561. The zero-order valence-corrected chi connectivity index (χ0v) is 9.40. The molecule has 0 spiro atoms. The second kappa shape index (κ2) is 7.64. The summed E-state index contributed by atoms with van der Waals surface area (Å²) in [6, 6.07) is 0. The average molecular weight is 170 g/mol. The van der Waals surface area contributed by atoms with Crippen molar-refractivity contribution in [2.75, 3.05) is 0 Å². The highest BCUT2D eigenvalue weighted by Gasteiger charge is 2.17. The summed E-state index contributed by atoms with van der Waals surface area (Å²) in [5.74, 6) is 2.10. The topological polar surface area (TPSA) is 0 Å². The van der Waals surface area contributed by atoms with Gasteiger partial charge in [0.05, 0.1) is 0 Å². The zero-order valence-electron chi connectivity index (χ0n) is 9.40. The lowest BCUT2D eigenvalue weighted by Crippen LogP contribution is -2.12. The van der Waals surface area contributed by atoms with Gasteiger partial charge >= 0.3 is 0 Å². The third kappa shape index (κ3) is 4.79. The molecule has 0 saturated heterocycles. The molecule has 0 radical (unpaired) electrons. The van der Waals surface area contributed by atoms with E-state index in [9.17, 15) is 0 Å². The van der Waals surface area contributed by atoms with Crippen LogP contribution in [0.1, 0.15) is 66.2 Å². The van der Waals surface area contributed by atoms with Crippen LogP contribution in [0, 0.1) is 11.8 Å². The zero-order chi connectivity index (χ0) is 9.40. The minimum Gasteiger partial charge on any atom is -0.0683 e. The molecule has 1 fully saturated rings. The summed E-state index contributed by atoms with van der Waals surface area (Å²) < 4.78 is 0. The van der Waals surface area contributed by atoms with Gasteiger partial charge in [0.25, 0.3) is 0 Å². The first-order valence-electron chi connectivity index (χ1n) is 5.83. The van der Waals surface area contributed by atoms with Crippen molar-refractivity contribution in [1.29, 1.82) is 0 Å². The minimum atomic E-state index is 1.02. The van der Waals surface area contributed by atoms with E-state index in [2.05, 4.69) is 13.8 Å². The fourth-order valence-corrected chi connectivity index (χ4v) is 2.23. The molecule has 0 aromatic carbocycles. The third-order valence-corrected chi connectivity index (χ3v) is 2.74. The highest BCUT2D eigenvalue weighted by atomic mass is 14.2. The Morgan fingerprint density at radius 2 is 1.83 bits per heavy atom. The summed E-state index contributed by atoms with van der Waals surface area (Å²) in [4.78, 5) is 0. The van der Waals surface area contributed by atoms with E-state index >= 15 is 0 Å². The Morgan fingerprint density at radius 3 is 2.33 bits per heavy atom. The van der Waals surface area contributed by atoms with Gasteiger partial charge in [-0.3, -0.25) is 0 Å². The van der Waals surface area contributed by atoms with Crippen LogP contribution in [0.15, 0.2) is 0 Å². The van der Waals surface area contributed by atoms with E-state index in [-0.39, 0.29) is 0 Å². The highest BCUT2D eigenvalue weighted by Crippen LogP contribution is 2.31. The van der Waals surface area contributed by atoms with Gasteiger partial charge in [-0.05, 0) is 18.3 Å². The standard InChI is InChI=1S/C10H20.C2H6/c1-3-5-10-7-4-6-9(2)8-10;1-2/h9-10H,3-8H2,1-2H3;1-2H3. The molecule has 0 aliphatic heterocycles. The molecule has 1 saturated carbocycles. The molecule has 74 valence electrons. The molecular formula is C12H26. The van der Waals surface area contributed by atoms with E-state index in [1.54, 1.807) is 0 Å². The molecule has 12 heavy (non-hydrogen) atoms. The summed E-state index contributed by atoms with van der Waals surface area (Å²) in [6.07, 6.45) is 8.86. The molecule has 0 N–H and O–H groups in total. The molecule has 1 aliphatic carbocycles. The second-order valence-corrected chi connectivity index (χ2v) is 3.93. The molecule has 0 aromatic heterocycles. The van der Waals surface area contributed by atoms with Crippen molar-refractivity contribution >= 4 is 0 Å². The number of rotatable bonds is 2. The lowest BCUT2D eigenvalue weighted by Gasteiger charge is -2.26. The van der Waals surface area contributed by atoms with E-state index in [0.717, 1.165) is 11.8 Å². The smallest absolute Gasteiger partial charge is 0.0412 e. The predicted molar refractivity (Wildman–Crippen MR) is 57.4 cm³/mol. The first-order valence-corrected chi connectivity index (χ1v) is 5.83. The first kappa shape index (κ1) is 12.0. The molecule has 0 aromatic rings. The molecule has 2 atom stereocenters. The van der Waals surface area contributed by atoms with Crippen LogP contribution in [0.5, 0.6) is 0 Å². The molecule has 2 unspecified atom stereocenters. The average Bonchev–Trinajstić information content (AvgIpc) is 2.09. The Morgan fingerprint density at radius 1 is 1.17 bits per heavy atom. The van der Waals surface area contributed by atoms with Crippen LogP contribution in [0.25, 0.3) is 0 Å². The van der Waals surface area contributed by atoms with Gasteiger partial charge in [0, 0.05) is 0 Å². The molecule has 0 heteroatoms.